The van der Waals surface area contributed by atoms with E-state index in [1.807, 2.05) is 0 Å². The molecule has 1 atom stereocenters. The zero-order valence-corrected chi connectivity index (χ0v) is 18.0. The average Bonchev–Trinajstić information content (AvgIpc) is 3.19. The van der Waals surface area contributed by atoms with Crippen molar-refractivity contribution in [2.75, 3.05) is 31.3 Å². The Morgan fingerprint density at radius 2 is 1.94 bits per heavy atom. The van der Waals surface area contributed by atoms with E-state index < -0.39 is 11.9 Å². The summed E-state index contributed by atoms with van der Waals surface area (Å²) in [5, 5.41) is 0. The minimum Gasteiger partial charge on any atom is -0.477 e. The molecule has 0 amide bonds. The van der Waals surface area contributed by atoms with Crippen LogP contribution in [-0.2, 0) is 23.9 Å². The number of alkyl halides is 3. The van der Waals surface area contributed by atoms with Gasteiger partial charge in [-0.3, -0.25) is 9.55 Å². The monoisotopic (exact) mass is 474 g/mol. The van der Waals surface area contributed by atoms with E-state index in [0.29, 0.717) is 38.5 Å². The van der Waals surface area contributed by atoms with E-state index in [0.717, 1.165) is 30.2 Å². The van der Waals surface area contributed by atoms with Crippen molar-refractivity contribution in [3.63, 3.8) is 0 Å². The lowest BCUT2D eigenvalue weighted by Gasteiger charge is -2.30. The van der Waals surface area contributed by atoms with E-state index in [4.69, 9.17) is 14.2 Å². The van der Waals surface area contributed by atoms with Gasteiger partial charge in [0.25, 0.3) is 0 Å². The summed E-state index contributed by atoms with van der Waals surface area (Å²) >= 11 is 0. The van der Waals surface area contributed by atoms with Crippen molar-refractivity contribution in [2.24, 2.45) is 0 Å². The lowest BCUT2D eigenvalue weighted by Crippen LogP contribution is -2.43. The van der Waals surface area contributed by atoms with Crippen molar-refractivity contribution >= 4 is 5.82 Å². The molecule has 1 fully saturated rings. The Hall–Kier alpha value is -3.60. The second kappa shape index (κ2) is 8.98. The van der Waals surface area contributed by atoms with Crippen LogP contribution >= 0.6 is 0 Å². The smallest absolute Gasteiger partial charge is 0.433 e. The number of hydrogen-bond donors (Lipinski definition) is 0. The van der Waals surface area contributed by atoms with Crippen LogP contribution < -0.4 is 20.1 Å². The van der Waals surface area contributed by atoms with E-state index in [1.165, 1.54) is 6.07 Å². The number of rotatable bonds is 6. The fourth-order valence-corrected chi connectivity index (χ4v) is 4.04. The van der Waals surface area contributed by atoms with E-state index in [2.05, 4.69) is 14.9 Å². The zero-order valence-electron chi connectivity index (χ0n) is 18.0. The van der Waals surface area contributed by atoms with Gasteiger partial charge in [-0.25, -0.2) is 4.79 Å². The normalized spacial score (nSPS) is 17.3. The Kier molecular flexibility index (Phi) is 5.86. The molecular weight excluding hydrogens is 453 g/mol. The Balaban J connectivity index is 1.18. The van der Waals surface area contributed by atoms with Crippen LogP contribution in [0.2, 0.25) is 0 Å². The average molecular weight is 474 g/mol. The molecule has 2 aliphatic rings. The molecule has 178 valence electrons. The van der Waals surface area contributed by atoms with Crippen molar-refractivity contribution < 1.29 is 27.4 Å². The summed E-state index contributed by atoms with van der Waals surface area (Å²) in [6.45, 7) is 2.79. The number of hydrogen-bond acceptors (Lipinski definition) is 7. The molecule has 4 heterocycles. The molecule has 11 heteroatoms. The Bertz CT molecular complexity index is 1230. The summed E-state index contributed by atoms with van der Waals surface area (Å²) in [6, 6.07) is 11.1. The highest BCUT2D eigenvalue weighted by Crippen LogP contribution is 2.31. The van der Waals surface area contributed by atoms with Gasteiger partial charge in [0.2, 0.25) is 5.88 Å². The minimum atomic E-state index is -4.54. The molecule has 1 saturated heterocycles. The molecule has 1 unspecified atom stereocenters. The quantitative estimate of drug-likeness (QED) is 0.543. The lowest BCUT2D eigenvalue weighted by molar-refractivity contribution is -0.141. The first-order valence-corrected chi connectivity index (χ1v) is 10.8. The van der Waals surface area contributed by atoms with Gasteiger partial charge in [-0.2, -0.15) is 18.2 Å². The van der Waals surface area contributed by atoms with Crippen molar-refractivity contribution in [2.45, 2.75) is 25.2 Å². The maximum absolute atomic E-state index is 12.8. The third-order valence-electron chi connectivity index (χ3n) is 5.70. The van der Waals surface area contributed by atoms with Crippen LogP contribution in [0.4, 0.5) is 19.0 Å². The van der Waals surface area contributed by atoms with Gasteiger partial charge in [0.15, 0.2) is 0 Å². The molecule has 0 aliphatic carbocycles. The lowest BCUT2D eigenvalue weighted by atomic mass is 10.1. The molecule has 0 bridgehead atoms. The summed E-state index contributed by atoms with van der Waals surface area (Å²) in [5.74, 6) is 1.53. The molecule has 5 rings (SSSR count). The molecule has 0 N–H and O–H groups in total. The number of fused-ring (bicyclic) bond motifs is 3. The van der Waals surface area contributed by atoms with Gasteiger partial charge in [-0.15, -0.1) is 0 Å². The van der Waals surface area contributed by atoms with E-state index in [-0.39, 0.29) is 23.4 Å². The summed E-state index contributed by atoms with van der Waals surface area (Å²) in [6.07, 6.45) is -2.93. The molecule has 8 nitrogen and oxygen atoms in total. The minimum absolute atomic E-state index is 0.0508. The summed E-state index contributed by atoms with van der Waals surface area (Å²) in [4.78, 5) is 21.9. The van der Waals surface area contributed by atoms with Crippen molar-refractivity contribution in [3.05, 3.63) is 70.4 Å². The van der Waals surface area contributed by atoms with Gasteiger partial charge in [0, 0.05) is 31.3 Å². The van der Waals surface area contributed by atoms with Crippen LogP contribution in [0.1, 0.15) is 11.3 Å². The number of anilines is 1. The van der Waals surface area contributed by atoms with Gasteiger partial charge < -0.3 is 19.1 Å². The first-order chi connectivity index (χ1) is 16.4. The van der Waals surface area contributed by atoms with Crippen LogP contribution in [0.5, 0.6) is 17.4 Å². The Labute approximate surface area is 192 Å². The molecule has 3 aromatic rings. The summed E-state index contributed by atoms with van der Waals surface area (Å²) < 4.78 is 56.8. The maximum Gasteiger partial charge on any atom is 0.433 e. The molecular formula is C23H21F3N4O4. The van der Waals surface area contributed by atoms with E-state index in [1.54, 1.807) is 34.9 Å². The topological polar surface area (TPSA) is 78.7 Å². The van der Waals surface area contributed by atoms with Gasteiger partial charge in [-0.1, -0.05) is 12.1 Å². The highest BCUT2D eigenvalue weighted by molar-refractivity contribution is 5.47. The van der Waals surface area contributed by atoms with Crippen LogP contribution in [-0.4, -0.2) is 46.9 Å². The Morgan fingerprint density at radius 3 is 2.74 bits per heavy atom. The van der Waals surface area contributed by atoms with Crippen LogP contribution in [0, 0.1) is 0 Å². The van der Waals surface area contributed by atoms with Crippen LogP contribution in [0.3, 0.4) is 0 Å². The number of ether oxygens (including phenoxy) is 3. The van der Waals surface area contributed by atoms with Crippen molar-refractivity contribution in [3.8, 4) is 17.4 Å². The molecule has 0 spiro atoms. The molecule has 1 aromatic carbocycles. The molecule has 2 aliphatic heterocycles. The van der Waals surface area contributed by atoms with Crippen LogP contribution in [0.25, 0.3) is 0 Å². The second-order valence-corrected chi connectivity index (χ2v) is 7.99. The number of aromatic nitrogens is 3. The highest BCUT2D eigenvalue weighted by Gasteiger charge is 2.34. The predicted octanol–water partition coefficient (Wildman–Crippen LogP) is 3.29. The first-order valence-electron chi connectivity index (χ1n) is 10.8. The van der Waals surface area contributed by atoms with Gasteiger partial charge in [0.05, 0.1) is 32.4 Å². The first kappa shape index (κ1) is 22.2. The number of nitrogens with zero attached hydrogens (tertiary/aromatic N) is 4. The Morgan fingerprint density at radius 1 is 1.12 bits per heavy atom. The summed E-state index contributed by atoms with van der Waals surface area (Å²) in [7, 11) is 0. The van der Waals surface area contributed by atoms with E-state index in [9.17, 15) is 18.0 Å². The fraction of sp³-hybridized carbons (Fsp3) is 0.348. The second-order valence-electron chi connectivity index (χ2n) is 7.99. The predicted molar refractivity (Wildman–Crippen MR) is 115 cm³/mol. The zero-order chi connectivity index (χ0) is 23.7. The van der Waals surface area contributed by atoms with Crippen molar-refractivity contribution in [1.82, 2.24) is 14.5 Å². The molecule has 0 radical (unpaired) electrons. The molecule has 34 heavy (non-hydrogen) atoms. The number of halogens is 3. The third-order valence-corrected chi connectivity index (χ3v) is 5.70. The van der Waals surface area contributed by atoms with Gasteiger partial charge >= 0.3 is 11.9 Å². The van der Waals surface area contributed by atoms with Gasteiger partial charge in [0.1, 0.15) is 23.0 Å². The van der Waals surface area contributed by atoms with E-state index >= 15 is 0 Å². The maximum atomic E-state index is 12.8. The fourth-order valence-electron chi connectivity index (χ4n) is 4.04. The summed E-state index contributed by atoms with van der Waals surface area (Å²) in [5.41, 5.74) is -0.417. The number of benzene rings is 1. The molecule has 0 saturated carbocycles. The standard InChI is InChI=1S/C23H21F3N4O4/c24-23(25,26)19-11-18(5-7-27-19)34-17-3-1-15(2-4-17)6-9-33-20-12-21-29-8-10-32-14-16(29)13-30(21)22(31)28-20/h1-5,7,11-12,16H,6,8-10,13-14H2. The largest absolute Gasteiger partial charge is 0.477 e. The number of pyridine rings is 1. The van der Waals surface area contributed by atoms with Crippen LogP contribution in [0.15, 0.2) is 53.5 Å². The van der Waals surface area contributed by atoms with Gasteiger partial charge in [-0.05, 0) is 23.8 Å². The third kappa shape index (κ3) is 4.69. The van der Waals surface area contributed by atoms with Crippen molar-refractivity contribution in [1.29, 1.82) is 0 Å². The number of morpholine rings is 1. The molecule has 2 aromatic heterocycles. The SMILES string of the molecule is O=c1nc(OCCc2ccc(Oc3ccnc(C(F)(F)F)c3)cc2)cc2n1CC1COCCN21. The highest BCUT2D eigenvalue weighted by atomic mass is 19.4.